The van der Waals surface area contributed by atoms with E-state index in [0.717, 1.165) is 18.7 Å². The summed E-state index contributed by atoms with van der Waals surface area (Å²) in [5.41, 5.74) is 7.63. The van der Waals surface area contributed by atoms with Crippen LogP contribution in [-0.2, 0) is 6.42 Å². The van der Waals surface area contributed by atoms with Gasteiger partial charge in [-0.1, -0.05) is 12.1 Å². The highest BCUT2D eigenvalue weighted by Gasteiger charge is 1.95. The standard InChI is InChI=1S/C13H15N3O/c14-13-6-3-11(9-16-13)15-8-7-10-1-4-12(17)5-2-10/h1-6,9,15,17H,7-8H2,(H2,14,16). The quantitative estimate of drug-likeness (QED) is 0.750. The minimum Gasteiger partial charge on any atom is -0.508 e. The maximum atomic E-state index is 9.15. The third kappa shape index (κ3) is 3.38. The van der Waals surface area contributed by atoms with Crippen molar-refractivity contribution < 1.29 is 5.11 Å². The summed E-state index contributed by atoms with van der Waals surface area (Å²) in [7, 11) is 0. The van der Waals surface area contributed by atoms with Crippen LogP contribution >= 0.6 is 0 Å². The first-order valence-corrected chi connectivity index (χ1v) is 5.47. The average Bonchev–Trinajstić information content (AvgIpc) is 2.34. The second kappa shape index (κ2) is 5.21. The molecule has 0 spiro atoms. The fourth-order valence-electron chi connectivity index (χ4n) is 1.52. The Kier molecular flexibility index (Phi) is 3.45. The molecule has 0 bridgehead atoms. The highest BCUT2D eigenvalue weighted by molar-refractivity contribution is 5.45. The molecule has 0 aliphatic carbocycles. The van der Waals surface area contributed by atoms with E-state index in [4.69, 9.17) is 10.8 Å². The molecule has 0 aliphatic rings. The van der Waals surface area contributed by atoms with Crippen LogP contribution in [0.1, 0.15) is 5.56 Å². The number of hydrogen-bond donors (Lipinski definition) is 3. The molecule has 0 atom stereocenters. The van der Waals surface area contributed by atoms with Crippen molar-refractivity contribution in [1.82, 2.24) is 4.98 Å². The lowest BCUT2D eigenvalue weighted by Gasteiger charge is -2.06. The molecule has 1 aromatic heterocycles. The Morgan fingerprint density at radius 1 is 1.12 bits per heavy atom. The lowest BCUT2D eigenvalue weighted by Crippen LogP contribution is -2.05. The van der Waals surface area contributed by atoms with Gasteiger partial charge in [-0.15, -0.1) is 0 Å². The number of nitrogens with one attached hydrogen (secondary N) is 1. The molecular weight excluding hydrogens is 214 g/mol. The zero-order valence-electron chi connectivity index (χ0n) is 9.43. The van der Waals surface area contributed by atoms with Crippen molar-refractivity contribution in [3.05, 3.63) is 48.2 Å². The number of benzene rings is 1. The number of nitrogens with zero attached hydrogens (tertiary/aromatic N) is 1. The second-order valence-corrected chi connectivity index (χ2v) is 3.81. The van der Waals surface area contributed by atoms with Crippen molar-refractivity contribution in [3.63, 3.8) is 0 Å². The molecular formula is C13H15N3O. The summed E-state index contributed by atoms with van der Waals surface area (Å²) < 4.78 is 0. The van der Waals surface area contributed by atoms with Gasteiger partial charge in [-0.05, 0) is 36.2 Å². The Labute approximate surface area is 100 Å². The molecule has 0 unspecified atom stereocenters. The van der Waals surface area contributed by atoms with Gasteiger partial charge in [0.15, 0.2) is 0 Å². The van der Waals surface area contributed by atoms with Crippen molar-refractivity contribution in [2.24, 2.45) is 0 Å². The number of nitrogens with two attached hydrogens (primary N) is 1. The first-order chi connectivity index (χ1) is 8.24. The van der Waals surface area contributed by atoms with Crippen molar-refractivity contribution in [3.8, 4) is 5.75 Å². The third-order valence-electron chi connectivity index (χ3n) is 2.47. The van der Waals surface area contributed by atoms with Gasteiger partial charge in [0.1, 0.15) is 11.6 Å². The van der Waals surface area contributed by atoms with Crippen molar-refractivity contribution in [2.75, 3.05) is 17.6 Å². The largest absolute Gasteiger partial charge is 0.508 e. The van der Waals surface area contributed by atoms with E-state index in [-0.39, 0.29) is 0 Å². The van der Waals surface area contributed by atoms with Gasteiger partial charge in [-0.25, -0.2) is 4.98 Å². The number of pyridine rings is 1. The molecule has 0 saturated carbocycles. The first-order valence-electron chi connectivity index (χ1n) is 5.47. The van der Waals surface area contributed by atoms with Crippen LogP contribution in [-0.4, -0.2) is 16.6 Å². The topological polar surface area (TPSA) is 71.2 Å². The van der Waals surface area contributed by atoms with E-state index in [1.54, 1.807) is 24.4 Å². The number of aromatic hydroxyl groups is 1. The molecule has 4 N–H and O–H groups in total. The van der Waals surface area contributed by atoms with Gasteiger partial charge in [0.25, 0.3) is 0 Å². The summed E-state index contributed by atoms with van der Waals surface area (Å²) in [6.07, 6.45) is 2.61. The van der Waals surface area contributed by atoms with Crippen LogP contribution in [0.15, 0.2) is 42.6 Å². The molecule has 1 aromatic carbocycles. The summed E-state index contributed by atoms with van der Waals surface area (Å²) in [5, 5.41) is 12.4. The van der Waals surface area contributed by atoms with Crippen LogP contribution in [0.4, 0.5) is 11.5 Å². The molecule has 1 heterocycles. The number of hydrogen-bond acceptors (Lipinski definition) is 4. The van der Waals surface area contributed by atoms with Crippen molar-refractivity contribution in [1.29, 1.82) is 0 Å². The number of phenols is 1. The zero-order chi connectivity index (χ0) is 12.1. The summed E-state index contributed by atoms with van der Waals surface area (Å²) in [6, 6.07) is 10.9. The van der Waals surface area contributed by atoms with E-state index in [0.29, 0.717) is 11.6 Å². The van der Waals surface area contributed by atoms with Gasteiger partial charge in [0.05, 0.1) is 11.9 Å². The fourth-order valence-corrected chi connectivity index (χ4v) is 1.52. The molecule has 0 radical (unpaired) electrons. The Hall–Kier alpha value is -2.23. The molecule has 0 fully saturated rings. The molecule has 0 aliphatic heterocycles. The molecule has 2 rings (SSSR count). The highest BCUT2D eigenvalue weighted by atomic mass is 16.3. The van der Waals surface area contributed by atoms with Crippen LogP contribution < -0.4 is 11.1 Å². The van der Waals surface area contributed by atoms with Crippen LogP contribution in [0.2, 0.25) is 0 Å². The minimum absolute atomic E-state index is 0.296. The monoisotopic (exact) mass is 229 g/mol. The van der Waals surface area contributed by atoms with Gasteiger partial charge < -0.3 is 16.2 Å². The zero-order valence-corrected chi connectivity index (χ0v) is 9.43. The number of nitrogen functional groups attached to an aromatic ring is 1. The summed E-state index contributed by atoms with van der Waals surface area (Å²) in [5.74, 6) is 0.818. The summed E-state index contributed by atoms with van der Waals surface area (Å²) in [6.45, 7) is 0.816. The fraction of sp³-hybridized carbons (Fsp3) is 0.154. The Morgan fingerprint density at radius 2 is 1.88 bits per heavy atom. The predicted octanol–water partition coefficient (Wildman–Crippen LogP) is 2.02. The number of anilines is 2. The summed E-state index contributed by atoms with van der Waals surface area (Å²) in [4.78, 5) is 4.00. The van der Waals surface area contributed by atoms with Gasteiger partial charge in [0, 0.05) is 6.54 Å². The highest BCUT2D eigenvalue weighted by Crippen LogP contribution is 2.11. The first kappa shape index (κ1) is 11.3. The van der Waals surface area contributed by atoms with E-state index < -0.39 is 0 Å². The van der Waals surface area contributed by atoms with Gasteiger partial charge in [-0.3, -0.25) is 0 Å². The van der Waals surface area contributed by atoms with Crippen LogP contribution in [0.5, 0.6) is 5.75 Å². The SMILES string of the molecule is Nc1ccc(NCCc2ccc(O)cc2)cn1. The number of phenolic OH excluding ortho intramolecular Hbond substituents is 1. The molecule has 17 heavy (non-hydrogen) atoms. The molecule has 4 heteroatoms. The van der Waals surface area contributed by atoms with Crippen LogP contribution in [0.25, 0.3) is 0 Å². The van der Waals surface area contributed by atoms with Crippen LogP contribution in [0, 0.1) is 0 Å². The molecule has 88 valence electrons. The van der Waals surface area contributed by atoms with Crippen molar-refractivity contribution >= 4 is 11.5 Å². The summed E-state index contributed by atoms with van der Waals surface area (Å²) >= 11 is 0. The normalized spacial score (nSPS) is 10.1. The van der Waals surface area contributed by atoms with Gasteiger partial charge in [-0.2, -0.15) is 0 Å². The van der Waals surface area contributed by atoms with E-state index in [2.05, 4.69) is 10.3 Å². The minimum atomic E-state index is 0.296. The lowest BCUT2D eigenvalue weighted by atomic mass is 10.1. The van der Waals surface area contributed by atoms with Gasteiger partial charge in [0.2, 0.25) is 0 Å². The Morgan fingerprint density at radius 3 is 2.53 bits per heavy atom. The third-order valence-corrected chi connectivity index (χ3v) is 2.47. The van der Waals surface area contributed by atoms with E-state index >= 15 is 0 Å². The maximum absolute atomic E-state index is 9.15. The molecule has 2 aromatic rings. The maximum Gasteiger partial charge on any atom is 0.123 e. The van der Waals surface area contributed by atoms with Crippen LogP contribution in [0.3, 0.4) is 0 Å². The molecule has 4 nitrogen and oxygen atoms in total. The predicted molar refractivity (Wildman–Crippen MR) is 68.9 cm³/mol. The van der Waals surface area contributed by atoms with E-state index in [1.807, 2.05) is 18.2 Å². The van der Waals surface area contributed by atoms with Gasteiger partial charge >= 0.3 is 0 Å². The van der Waals surface area contributed by atoms with E-state index in [1.165, 1.54) is 5.56 Å². The lowest BCUT2D eigenvalue weighted by molar-refractivity contribution is 0.475. The number of rotatable bonds is 4. The Balaban J connectivity index is 1.83. The molecule has 0 saturated heterocycles. The van der Waals surface area contributed by atoms with E-state index in [9.17, 15) is 0 Å². The average molecular weight is 229 g/mol. The second-order valence-electron chi connectivity index (χ2n) is 3.81. The van der Waals surface area contributed by atoms with Crippen molar-refractivity contribution in [2.45, 2.75) is 6.42 Å². The number of aromatic nitrogens is 1. The molecule has 0 amide bonds. The Bertz CT molecular complexity index is 420. The smallest absolute Gasteiger partial charge is 0.123 e.